The smallest absolute Gasteiger partial charge is 0.228 e. The van der Waals surface area contributed by atoms with Crippen LogP contribution in [0.4, 0.5) is 0 Å². The summed E-state index contributed by atoms with van der Waals surface area (Å²) in [6.07, 6.45) is -24.6. The molecule has 0 saturated carbocycles. The van der Waals surface area contributed by atoms with Crippen LogP contribution >= 0.6 is 0 Å². The van der Waals surface area contributed by atoms with E-state index in [9.17, 15) is 66.4 Å². The molecular weight excluding hydrogens is 716 g/mol. The van der Waals surface area contributed by atoms with Gasteiger partial charge in [-0.15, -0.1) is 0 Å². The van der Waals surface area contributed by atoms with Gasteiger partial charge in [0.1, 0.15) is 90.2 Å². The molecule has 0 amide bonds. The summed E-state index contributed by atoms with van der Waals surface area (Å²) in [4.78, 5) is 0. The second-order valence-corrected chi connectivity index (χ2v) is 13.2. The predicted molar refractivity (Wildman–Crippen MR) is 170 cm³/mol. The Hall–Kier alpha value is -3.58. The van der Waals surface area contributed by atoms with Crippen LogP contribution in [0.2, 0.25) is 0 Å². The monoisotopic (exact) mass is 758 g/mol. The molecule has 294 valence electrons. The number of benzene rings is 2. The second-order valence-electron chi connectivity index (χ2n) is 13.2. The van der Waals surface area contributed by atoms with Gasteiger partial charge in [-0.1, -0.05) is 6.07 Å². The van der Waals surface area contributed by atoms with Crippen LogP contribution < -0.4 is 4.74 Å². The van der Waals surface area contributed by atoms with Crippen molar-refractivity contribution < 1.29 is 99.5 Å². The summed E-state index contributed by atoms with van der Waals surface area (Å²) in [5.41, 5.74) is 0.236. The molecule has 16 atom stereocenters. The summed E-state index contributed by atoms with van der Waals surface area (Å²) in [5.74, 6) is -1.89. The third kappa shape index (κ3) is 7.83. The SMILES string of the molecule is C[C@@H]1O[C@@H](OC[C@H]2O[C@@H](OC[C@H]3O[C@@H](OC4=Cc5c(O)cc(O)cc5OC4c4ccc(O)c(O)c4)[C@H](O)[C@@H](O)[C@@H]3O)[C@H](O)[C@@H](O)[C@@H]2O)[C@H](O)[C@H](O)[C@H]1O. The zero-order valence-electron chi connectivity index (χ0n) is 27.8. The topological polar surface area (TPSA) is 328 Å². The minimum atomic E-state index is -1.91. The molecule has 0 aliphatic carbocycles. The molecule has 1 unspecified atom stereocenters. The summed E-state index contributed by atoms with van der Waals surface area (Å²) < 4.78 is 39.7. The standard InChI is InChI=1S/C33H42O20/c1-10-21(38)24(41)27(44)31(49-10)47-8-19-22(39)25(42)28(45)32(52-19)48-9-20-23(40)26(43)29(46)33(53-20)51-18-7-13-15(36)5-12(34)6-17(13)50-30(18)11-2-3-14(35)16(37)4-11/h2-7,10,19-46H,8-9H2,1H3/t10-,19+,20+,21-,22+,23+,24+,25-,26-,27+,28+,29+,30?,31+,32+,33+/m0/s1. The van der Waals surface area contributed by atoms with E-state index in [-0.39, 0.29) is 28.4 Å². The number of rotatable bonds is 9. The average molecular weight is 759 g/mol. The van der Waals surface area contributed by atoms with E-state index in [1.807, 2.05) is 0 Å². The number of aliphatic hydroxyl groups excluding tert-OH is 9. The predicted octanol–water partition coefficient (Wildman–Crippen LogP) is -3.52. The van der Waals surface area contributed by atoms with Crippen molar-refractivity contribution >= 4 is 6.08 Å². The van der Waals surface area contributed by atoms with Crippen molar-refractivity contribution in [1.82, 2.24) is 0 Å². The zero-order valence-corrected chi connectivity index (χ0v) is 27.8. The lowest BCUT2D eigenvalue weighted by Crippen LogP contribution is -2.62. The maximum Gasteiger partial charge on any atom is 0.228 e. The molecule has 3 saturated heterocycles. The number of aliphatic hydroxyl groups is 9. The van der Waals surface area contributed by atoms with Crippen molar-refractivity contribution in [3.63, 3.8) is 0 Å². The van der Waals surface area contributed by atoms with Gasteiger partial charge in [-0.05, 0) is 25.1 Å². The molecule has 4 aliphatic rings. The summed E-state index contributed by atoms with van der Waals surface area (Å²) in [7, 11) is 0. The van der Waals surface area contributed by atoms with E-state index < -0.39 is 129 Å². The summed E-state index contributed by atoms with van der Waals surface area (Å²) in [6.45, 7) is 0.179. The van der Waals surface area contributed by atoms with Crippen LogP contribution in [0.15, 0.2) is 36.1 Å². The number of phenols is 4. The highest BCUT2D eigenvalue weighted by Crippen LogP contribution is 2.45. The van der Waals surface area contributed by atoms with Crippen molar-refractivity contribution in [2.75, 3.05) is 13.2 Å². The first-order chi connectivity index (χ1) is 25.0. The van der Waals surface area contributed by atoms with E-state index in [1.165, 1.54) is 25.1 Å². The molecule has 0 bridgehead atoms. The summed E-state index contributed by atoms with van der Waals surface area (Å²) in [5, 5.41) is 135. The highest BCUT2D eigenvalue weighted by Gasteiger charge is 2.50. The fraction of sp³-hybridized carbons (Fsp3) is 0.576. The van der Waals surface area contributed by atoms with Crippen LogP contribution in [-0.2, 0) is 28.4 Å². The van der Waals surface area contributed by atoms with Crippen molar-refractivity contribution in [3.05, 3.63) is 47.2 Å². The first-order valence-corrected chi connectivity index (χ1v) is 16.5. The van der Waals surface area contributed by atoms with Gasteiger partial charge in [0, 0.05) is 17.7 Å². The first kappa shape index (κ1) is 39.1. The van der Waals surface area contributed by atoms with Gasteiger partial charge in [-0.2, -0.15) is 0 Å². The van der Waals surface area contributed by atoms with E-state index in [2.05, 4.69) is 0 Å². The van der Waals surface area contributed by atoms with Gasteiger partial charge in [0.25, 0.3) is 0 Å². The van der Waals surface area contributed by atoms with Gasteiger partial charge in [0.15, 0.2) is 30.2 Å². The minimum Gasteiger partial charge on any atom is -0.508 e. The Labute approximate surface area is 300 Å². The first-order valence-electron chi connectivity index (χ1n) is 16.5. The number of aromatic hydroxyl groups is 4. The van der Waals surface area contributed by atoms with Crippen LogP contribution in [0.3, 0.4) is 0 Å². The Morgan fingerprint density at radius 3 is 1.72 bits per heavy atom. The second kappa shape index (κ2) is 15.6. The van der Waals surface area contributed by atoms with E-state index in [4.69, 9.17) is 33.2 Å². The van der Waals surface area contributed by atoms with Gasteiger partial charge in [-0.3, -0.25) is 0 Å². The molecule has 2 aromatic carbocycles. The summed E-state index contributed by atoms with van der Waals surface area (Å²) >= 11 is 0. The van der Waals surface area contributed by atoms with Gasteiger partial charge in [-0.25, -0.2) is 0 Å². The van der Waals surface area contributed by atoms with E-state index >= 15 is 0 Å². The van der Waals surface area contributed by atoms with Crippen molar-refractivity contribution in [3.8, 4) is 28.7 Å². The molecule has 53 heavy (non-hydrogen) atoms. The van der Waals surface area contributed by atoms with Gasteiger partial charge in [0.05, 0.1) is 24.9 Å². The molecule has 4 heterocycles. The van der Waals surface area contributed by atoms with E-state index in [0.29, 0.717) is 0 Å². The number of phenolic OH excluding ortho intramolecular Hbond substituents is 4. The Kier molecular flexibility index (Phi) is 11.5. The molecule has 6 rings (SSSR count). The molecule has 20 nitrogen and oxygen atoms in total. The number of hydrogen-bond donors (Lipinski definition) is 13. The Balaban J connectivity index is 1.16. The molecular formula is C33H42O20. The highest BCUT2D eigenvalue weighted by atomic mass is 16.7. The van der Waals surface area contributed by atoms with Crippen LogP contribution in [0.5, 0.6) is 28.7 Å². The summed E-state index contributed by atoms with van der Waals surface area (Å²) in [6, 6.07) is 5.91. The van der Waals surface area contributed by atoms with Crippen LogP contribution in [0, 0.1) is 0 Å². The van der Waals surface area contributed by atoms with Gasteiger partial charge >= 0.3 is 0 Å². The van der Waals surface area contributed by atoms with Gasteiger partial charge < -0.3 is 99.5 Å². The normalized spacial score (nSPS) is 40.2. The van der Waals surface area contributed by atoms with Gasteiger partial charge in [0.2, 0.25) is 6.29 Å². The van der Waals surface area contributed by atoms with E-state index in [0.717, 1.165) is 18.2 Å². The highest BCUT2D eigenvalue weighted by molar-refractivity contribution is 5.69. The molecule has 0 aromatic heterocycles. The quantitative estimate of drug-likeness (QED) is 0.110. The van der Waals surface area contributed by atoms with Crippen LogP contribution in [0.1, 0.15) is 24.2 Å². The molecule has 2 aromatic rings. The van der Waals surface area contributed by atoms with Crippen molar-refractivity contribution in [2.24, 2.45) is 0 Å². The third-order valence-electron chi connectivity index (χ3n) is 9.44. The molecule has 0 spiro atoms. The lowest BCUT2D eigenvalue weighted by molar-refractivity contribution is -0.339. The van der Waals surface area contributed by atoms with Crippen molar-refractivity contribution in [2.45, 2.75) is 105 Å². The maximum absolute atomic E-state index is 10.8. The van der Waals surface area contributed by atoms with E-state index in [1.54, 1.807) is 0 Å². The average Bonchev–Trinajstić information content (AvgIpc) is 3.12. The lowest BCUT2D eigenvalue weighted by Gasteiger charge is -2.44. The zero-order chi connectivity index (χ0) is 38.5. The molecule has 13 N–H and O–H groups in total. The maximum atomic E-state index is 10.8. The molecule has 4 aliphatic heterocycles. The third-order valence-corrected chi connectivity index (χ3v) is 9.44. The molecule has 0 radical (unpaired) electrons. The molecule has 3 fully saturated rings. The van der Waals surface area contributed by atoms with Crippen molar-refractivity contribution in [1.29, 1.82) is 0 Å². The van der Waals surface area contributed by atoms with Crippen LogP contribution in [0.25, 0.3) is 6.08 Å². The Morgan fingerprint density at radius 1 is 0.566 bits per heavy atom. The Bertz CT molecular complexity index is 1620. The Morgan fingerprint density at radius 2 is 1.11 bits per heavy atom. The largest absolute Gasteiger partial charge is 0.508 e. The number of fused-ring (bicyclic) bond motifs is 1. The number of ether oxygens (including phenoxy) is 7. The minimum absolute atomic E-state index is 0.00490. The molecule has 20 heteroatoms. The lowest BCUT2D eigenvalue weighted by atomic mass is 9.98. The fourth-order valence-electron chi connectivity index (χ4n) is 6.28. The number of hydrogen-bond acceptors (Lipinski definition) is 20. The van der Waals surface area contributed by atoms with Crippen LogP contribution in [-0.4, -0.2) is 172 Å². The fourth-order valence-corrected chi connectivity index (χ4v) is 6.28.